The van der Waals surface area contributed by atoms with E-state index in [9.17, 15) is 14.4 Å². The molecular weight excluding hydrogens is 294 g/mol. The maximum Gasteiger partial charge on any atom is 0.222 e. The second kappa shape index (κ2) is 9.53. The molecule has 0 unspecified atom stereocenters. The van der Waals surface area contributed by atoms with Crippen molar-refractivity contribution < 1.29 is 14.4 Å². The summed E-state index contributed by atoms with van der Waals surface area (Å²) in [5.41, 5.74) is 0. The molecule has 0 radical (unpaired) electrons. The van der Waals surface area contributed by atoms with Gasteiger partial charge < -0.3 is 15.5 Å². The van der Waals surface area contributed by atoms with Gasteiger partial charge in [-0.3, -0.25) is 14.4 Å². The van der Waals surface area contributed by atoms with Gasteiger partial charge in [-0.25, -0.2) is 0 Å². The number of carbonyl (C=O) groups is 3. The number of piperidine rings is 1. The second-order valence-electron chi connectivity index (χ2n) is 6.64. The molecule has 0 bridgehead atoms. The molecule has 2 aliphatic rings. The molecule has 6 nitrogen and oxygen atoms in total. The highest BCUT2D eigenvalue weighted by Crippen LogP contribution is 2.25. The summed E-state index contributed by atoms with van der Waals surface area (Å²) in [5.74, 6) is 0.867. The van der Waals surface area contributed by atoms with Crippen molar-refractivity contribution in [3.8, 4) is 0 Å². The summed E-state index contributed by atoms with van der Waals surface area (Å²) < 4.78 is 0. The minimum atomic E-state index is -0.0433. The van der Waals surface area contributed by atoms with Gasteiger partial charge in [-0.15, -0.1) is 0 Å². The molecule has 0 atom stereocenters. The largest absolute Gasteiger partial charge is 0.356 e. The van der Waals surface area contributed by atoms with E-state index in [-0.39, 0.29) is 17.7 Å². The highest BCUT2D eigenvalue weighted by Gasteiger charge is 2.19. The fourth-order valence-electron chi connectivity index (χ4n) is 2.94. The zero-order valence-corrected chi connectivity index (χ0v) is 13.9. The Morgan fingerprint density at radius 3 is 2.52 bits per heavy atom. The monoisotopic (exact) mass is 323 g/mol. The lowest BCUT2D eigenvalue weighted by molar-refractivity contribution is -0.134. The molecule has 1 aliphatic heterocycles. The smallest absolute Gasteiger partial charge is 0.222 e. The normalized spacial score (nSPS) is 18.4. The molecule has 2 N–H and O–H groups in total. The number of hydrogen-bond acceptors (Lipinski definition) is 3. The topological polar surface area (TPSA) is 78.5 Å². The van der Waals surface area contributed by atoms with E-state index in [1.807, 2.05) is 0 Å². The number of nitrogens with zero attached hydrogens (tertiary/aromatic N) is 1. The quantitative estimate of drug-likeness (QED) is 0.626. The van der Waals surface area contributed by atoms with E-state index in [0.717, 1.165) is 25.9 Å². The summed E-state index contributed by atoms with van der Waals surface area (Å²) in [7, 11) is 0. The van der Waals surface area contributed by atoms with Crippen LogP contribution in [0.2, 0.25) is 0 Å². The average Bonchev–Trinajstić information content (AvgIpc) is 2.49. The molecule has 1 saturated carbocycles. The Bertz CT molecular complexity index is 421. The molecule has 130 valence electrons. The van der Waals surface area contributed by atoms with Crippen molar-refractivity contribution >= 4 is 17.7 Å². The fourth-order valence-corrected chi connectivity index (χ4v) is 2.94. The number of likely N-dealkylation sites (tertiary alicyclic amines) is 1. The van der Waals surface area contributed by atoms with E-state index in [4.69, 9.17) is 0 Å². The van der Waals surface area contributed by atoms with E-state index >= 15 is 0 Å². The van der Waals surface area contributed by atoms with Gasteiger partial charge >= 0.3 is 0 Å². The van der Waals surface area contributed by atoms with Gasteiger partial charge in [0.25, 0.3) is 0 Å². The van der Waals surface area contributed by atoms with Crippen LogP contribution in [0, 0.1) is 5.92 Å². The van der Waals surface area contributed by atoms with E-state index < -0.39 is 0 Å². The van der Waals surface area contributed by atoms with Crippen molar-refractivity contribution in [1.29, 1.82) is 0 Å². The maximum atomic E-state index is 11.7. The van der Waals surface area contributed by atoms with E-state index in [1.165, 1.54) is 19.3 Å². The Labute approximate surface area is 138 Å². The first-order chi connectivity index (χ1) is 11.1. The first-order valence-electron chi connectivity index (χ1n) is 8.96. The van der Waals surface area contributed by atoms with Crippen LogP contribution in [0.3, 0.4) is 0 Å². The van der Waals surface area contributed by atoms with Gasteiger partial charge in [0.1, 0.15) is 0 Å². The van der Waals surface area contributed by atoms with Crippen molar-refractivity contribution in [2.24, 2.45) is 5.92 Å². The molecule has 0 aromatic carbocycles. The SMILES string of the molecule is O=C(CCN1CCCCC1=O)NCCCC(=O)NCC1CCC1. The molecule has 3 amide bonds. The average molecular weight is 323 g/mol. The predicted molar refractivity (Wildman–Crippen MR) is 87.6 cm³/mol. The lowest BCUT2D eigenvalue weighted by Crippen LogP contribution is -2.38. The minimum Gasteiger partial charge on any atom is -0.356 e. The van der Waals surface area contributed by atoms with Gasteiger partial charge in [-0.2, -0.15) is 0 Å². The Hall–Kier alpha value is -1.59. The highest BCUT2D eigenvalue weighted by atomic mass is 16.2. The number of amides is 3. The Kier molecular flexibility index (Phi) is 7.36. The Morgan fingerprint density at radius 1 is 1.04 bits per heavy atom. The molecule has 23 heavy (non-hydrogen) atoms. The van der Waals surface area contributed by atoms with Crippen LogP contribution in [0.1, 0.15) is 57.8 Å². The number of carbonyl (C=O) groups excluding carboxylic acids is 3. The summed E-state index contributed by atoms with van der Waals surface area (Å²) in [4.78, 5) is 36.8. The molecule has 6 heteroatoms. The molecule has 0 spiro atoms. The summed E-state index contributed by atoms with van der Waals surface area (Å²) in [6, 6.07) is 0. The van der Waals surface area contributed by atoms with Gasteiger partial charge in [0.15, 0.2) is 0 Å². The van der Waals surface area contributed by atoms with Crippen LogP contribution in [0.15, 0.2) is 0 Å². The van der Waals surface area contributed by atoms with Crippen LogP contribution in [-0.4, -0.2) is 48.8 Å². The van der Waals surface area contributed by atoms with Crippen LogP contribution in [0.25, 0.3) is 0 Å². The van der Waals surface area contributed by atoms with Crippen LogP contribution < -0.4 is 10.6 Å². The maximum absolute atomic E-state index is 11.7. The standard InChI is InChI=1S/C17H29N3O3/c21-15(19-13-14-5-3-6-14)7-4-10-18-16(22)9-12-20-11-2-1-8-17(20)23/h14H,1-13H2,(H,18,22)(H,19,21). The minimum absolute atomic E-state index is 0.0433. The fraction of sp³-hybridized carbons (Fsp3) is 0.824. The summed E-state index contributed by atoms with van der Waals surface area (Å²) in [6.07, 6.45) is 7.81. The third-order valence-corrected chi connectivity index (χ3v) is 4.75. The third kappa shape index (κ3) is 6.59. The highest BCUT2D eigenvalue weighted by molar-refractivity contribution is 5.79. The molecule has 2 rings (SSSR count). The van der Waals surface area contributed by atoms with Crippen molar-refractivity contribution in [2.75, 3.05) is 26.2 Å². The molecule has 1 aliphatic carbocycles. The third-order valence-electron chi connectivity index (χ3n) is 4.75. The van der Waals surface area contributed by atoms with Gasteiger partial charge in [-0.1, -0.05) is 6.42 Å². The van der Waals surface area contributed by atoms with Crippen LogP contribution in [0.4, 0.5) is 0 Å². The van der Waals surface area contributed by atoms with Crippen LogP contribution >= 0.6 is 0 Å². The Morgan fingerprint density at radius 2 is 1.83 bits per heavy atom. The van der Waals surface area contributed by atoms with Crippen molar-refractivity contribution in [1.82, 2.24) is 15.5 Å². The zero-order valence-electron chi connectivity index (χ0n) is 13.9. The number of rotatable bonds is 9. The predicted octanol–water partition coefficient (Wildman–Crippen LogP) is 1.20. The first-order valence-corrected chi connectivity index (χ1v) is 8.96. The Balaban J connectivity index is 1.45. The molecule has 0 aromatic heterocycles. The lowest BCUT2D eigenvalue weighted by atomic mass is 9.85. The zero-order chi connectivity index (χ0) is 16.5. The molecular formula is C17H29N3O3. The molecule has 1 saturated heterocycles. The van der Waals surface area contributed by atoms with Crippen molar-refractivity contribution in [2.45, 2.75) is 57.8 Å². The molecule has 0 aromatic rings. The van der Waals surface area contributed by atoms with Gasteiger partial charge in [0, 0.05) is 45.4 Å². The summed E-state index contributed by atoms with van der Waals surface area (Å²) >= 11 is 0. The van der Waals surface area contributed by atoms with Gasteiger partial charge in [0.05, 0.1) is 0 Å². The molecule has 1 heterocycles. The summed E-state index contributed by atoms with van der Waals surface area (Å²) in [5, 5.41) is 5.77. The van der Waals surface area contributed by atoms with E-state index in [1.54, 1.807) is 4.90 Å². The van der Waals surface area contributed by atoms with Gasteiger partial charge in [0.2, 0.25) is 17.7 Å². The molecule has 2 fully saturated rings. The van der Waals surface area contributed by atoms with E-state index in [0.29, 0.717) is 44.7 Å². The van der Waals surface area contributed by atoms with Crippen LogP contribution in [-0.2, 0) is 14.4 Å². The number of nitrogens with one attached hydrogen (secondary N) is 2. The van der Waals surface area contributed by atoms with Crippen molar-refractivity contribution in [3.05, 3.63) is 0 Å². The van der Waals surface area contributed by atoms with Crippen LogP contribution in [0.5, 0.6) is 0 Å². The van der Waals surface area contributed by atoms with Gasteiger partial charge in [-0.05, 0) is 38.0 Å². The van der Waals surface area contributed by atoms with E-state index in [2.05, 4.69) is 10.6 Å². The number of hydrogen-bond donors (Lipinski definition) is 2. The van der Waals surface area contributed by atoms with Crippen molar-refractivity contribution in [3.63, 3.8) is 0 Å². The lowest BCUT2D eigenvalue weighted by Gasteiger charge is -2.26. The second-order valence-corrected chi connectivity index (χ2v) is 6.64. The summed E-state index contributed by atoms with van der Waals surface area (Å²) in [6.45, 7) is 2.60. The first kappa shape index (κ1) is 17.8.